The lowest BCUT2D eigenvalue weighted by molar-refractivity contribution is 0.0479. The molecule has 2 N–H and O–H groups in total. The van der Waals surface area contributed by atoms with Gasteiger partial charge in [-0.3, -0.25) is 0 Å². The number of benzene rings is 1. The lowest BCUT2D eigenvalue weighted by atomic mass is 9.54. The van der Waals surface area contributed by atoms with E-state index in [1.54, 1.807) is 6.07 Å². The van der Waals surface area contributed by atoms with Crippen LogP contribution in [0.2, 0.25) is 0 Å². The Hall–Kier alpha value is -1.02. The minimum atomic E-state index is 0.187. The highest BCUT2D eigenvalue weighted by Gasteiger charge is 2.45. The third kappa shape index (κ3) is 2.05. The highest BCUT2D eigenvalue weighted by atomic mass is 16.3. The summed E-state index contributed by atoms with van der Waals surface area (Å²) in [6.07, 6.45) is 3.56. The molecule has 2 aliphatic rings. The number of hydrogen-bond acceptors (Lipinski definition) is 2. The van der Waals surface area contributed by atoms with E-state index in [1.165, 1.54) is 24.0 Å². The van der Waals surface area contributed by atoms with Crippen molar-refractivity contribution >= 4 is 0 Å². The lowest BCUT2D eigenvalue weighted by Gasteiger charge is -2.51. The lowest BCUT2D eigenvalue weighted by Crippen LogP contribution is -2.40. The molecular weight excluding hydrogens is 248 g/mol. The molecule has 2 heteroatoms. The van der Waals surface area contributed by atoms with Gasteiger partial charge in [-0.05, 0) is 65.7 Å². The van der Waals surface area contributed by atoms with Gasteiger partial charge in [-0.15, -0.1) is 0 Å². The third-order valence-corrected chi connectivity index (χ3v) is 6.18. The van der Waals surface area contributed by atoms with E-state index in [0.29, 0.717) is 28.9 Å². The minimum absolute atomic E-state index is 0.187. The fourth-order valence-corrected chi connectivity index (χ4v) is 4.53. The first-order chi connectivity index (χ1) is 9.44. The molecule has 20 heavy (non-hydrogen) atoms. The van der Waals surface area contributed by atoms with Gasteiger partial charge in [0.15, 0.2) is 0 Å². The van der Waals surface area contributed by atoms with Gasteiger partial charge in [-0.2, -0.15) is 0 Å². The Morgan fingerprint density at radius 1 is 1.25 bits per heavy atom. The first kappa shape index (κ1) is 13.9. The first-order valence-corrected chi connectivity index (χ1v) is 7.87. The summed E-state index contributed by atoms with van der Waals surface area (Å²) in [5, 5.41) is 19.5. The molecule has 0 aliphatic heterocycles. The van der Waals surface area contributed by atoms with Crippen LogP contribution in [0.3, 0.4) is 0 Å². The Kier molecular flexibility index (Phi) is 3.32. The van der Waals surface area contributed by atoms with Crippen LogP contribution in [0.15, 0.2) is 18.2 Å². The van der Waals surface area contributed by atoms with Crippen molar-refractivity contribution in [2.75, 3.05) is 6.61 Å². The van der Waals surface area contributed by atoms with Gasteiger partial charge < -0.3 is 10.2 Å². The number of phenolic OH excluding ortho intramolecular Hbond substituents is 1. The van der Waals surface area contributed by atoms with Crippen molar-refractivity contribution in [1.82, 2.24) is 0 Å². The van der Waals surface area contributed by atoms with Crippen LogP contribution in [0, 0.1) is 17.3 Å². The monoisotopic (exact) mass is 274 g/mol. The second-order valence-electron chi connectivity index (χ2n) is 7.51. The maximum atomic E-state index is 9.75. The van der Waals surface area contributed by atoms with Crippen LogP contribution in [0.25, 0.3) is 0 Å². The first-order valence-electron chi connectivity index (χ1n) is 7.87. The van der Waals surface area contributed by atoms with Gasteiger partial charge in [0.1, 0.15) is 5.75 Å². The summed E-state index contributed by atoms with van der Waals surface area (Å²) in [6.45, 7) is 7.34. The predicted molar refractivity (Wildman–Crippen MR) is 81.0 cm³/mol. The summed E-state index contributed by atoms with van der Waals surface area (Å²) >= 11 is 0. The largest absolute Gasteiger partial charge is 0.508 e. The van der Waals surface area contributed by atoms with E-state index >= 15 is 0 Å². The maximum Gasteiger partial charge on any atom is 0.115 e. The van der Waals surface area contributed by atoms with E-state index < -0.39 is 0 Å². The molecule has 2 nitrogen and oxygen atoms in total. The second-order valence-corrected chi connectivity index (χ2v) is 7.51. The van der Waals surface area contributed by atoms with E-state index in [1.807, 2.05) is 6.07 Å². The van der Waals surface area contributed by atoms with E-state index in [9.17, 15) is 10.2 Å². The number of phenols is 1. The number of aliphatic hydroxyl groups is 1. The number of aliphatic hydroxyl groups excluding tert-OH is 1. The maximum absolute atomic E-state index is 9.75. The zero-order chi connectivity index (χ0) is 14.5. The Morgan fingerprint density at radius 3 is 2.70 bits per heavy atom. The van der Waals surface area contributed by atoms with E-state index in [4.69, 9.17) is 0 Å². The van der Waals surface area contributed by atoms with E-state index in [2.05, 4.69) is 26.8 Å². The Bertz CT molecular complexity index is 506. The molecule has 1 saturated carbocycles. The average molecular weight is 274 g/mol. The standard InChI is InChI=1S/C18H26O2/c1-11-16-8-12(10-19)17-9-13(20)4-5-14(17)15(16)6-7-18(11,2)3/h4-5,9,11-12,15-16,19-20H,6-8,10H2,1-3H3. The van der Waals surface area contributed by atoms with Gasteiger partial charge in [0.25, 0.3) is 0 Å². The average Bonchev–Trinajstić information content (AvgIpc) is 2.42. The summed E-state index contributed by atoms with van der Waals surface area (Å²) < 4.78 is 0. The SMILES string of the molecule is CC1C2CC(CO)c3cc(O)ccc3C2CCC1(C)C. The molecule has 2 aliphatic carbocycles. The van der Waals surface area contributed by atoms with Crippen LogP contribution in [0.5, 0.6) is 5.75 Å². The van der Waals surface area contributed by atoms with Gasteiger partial charge in [0, 0.05) is 12.5 Å². The van der Waals surface area contributed by atoms with Crippen molar-refractivity contribution in [2.45, 2.75) is 51.9 Å². The molecule has 110 valence electrons. The fraction of sp³-hybridized carbons (Fsp3) is 0.667. The minimum Gasteiger partial charge on any atom is -0.508 e. The summed E-state index contributed by atoms with van der Waals surface area (Å²) in [6, 6.07) is 5.77. The highest BCUT2D eigenvalue weighted by Crippen LogP contribution is 2.56. The summed E-state index contributed by atoms with van der Waals surface area (Å²) in [5.74, 6) is 2.46. The molecule has 0 aromatic heterocycles. The van der Waals surface area contributed by atoms with Crippen molar-refractivity contribution in [3.8, 4) is 5.75 Å². The van der Waals surface area contributed by atoms with Gasteiger partial charge in [-0.25, -0.2) is 0 Å². The van der Waals surface area contributed by atoms with Gasteiger partial charge in [-0.1, -0.05) is 26.8 Å². The number of aromatic hydroxyl groups is 1. The van der Waals surface area contributed by atoms with E-state index in [-0.39, 0.29) is 12.5 Å². The molecule has 0 radical (unpaired) electrons. The molecule has 0 saturated heterocycles. The zero-order valence-corrected chi connectivity index (χ0v) is 12.8. The van der Waals surface area contributed by atoms with Crippen molar-refractivity contribution in [3.63, 3.8) is 0 Å². The Balaban J connectivity index is 2.03. The van der Waals surface area contributed by atoms with Gasteiger partial charge >= 0.3 is 0 Å². The van der Waals surface area contributed by atoms with Crippen LogP contribution in [0.4, 0.5) is 0 Å². The Morgan fingerprint density at radius 2 is 2.00 bits per heavy atom. The van der Waals surface area contributed by atoms with Crippen LogP contribution in [0.1, 0.15) is 63.0 Å². The molecule has 0 spiro atoms. The molecule has 0 amide bonds. The predicted octanol–water partition coefficient (Wildman–Crippen LogP) is 4.03. The number of rotatable bonds is 1. The van der Waals surface area contributed by atoms with Crippen LogP contribution in [-0.4, -0.2) is 16.8 Å². The molecular formula is C18H26O2. The normalized spacial score (nSPS) is 35.2. The summed E-state index contributed by atoms with van der Waals surface area (Å²) in [4.78, 5) is 0. The van der Waals surface area contributed by atoms with Crippen molar-refractivity contribution in [3.05, 3.63) is 29.3 Å². The summed E-state index contributed by atoms with van der Waals surface area (Å²) in [5.41, 5.74) is 2.95. The van der Waals surface area contributed by atoms with Crippen molar-refractivity contribution in [2.24, 2.45) is 17.3 Å². The van der Waals surface area contributed by atoms with Crippen LogP contribution < -0.4 is 0 Å². The molecule has 0 heterocycles. The summed E-state index contributed by atoms with van der Waals surface area (Å²) in [7, 11) is 0. The highest BCUT2D eigenvalue weighted by molar-refractivity contribution is 5.42. The number of fused-ring (bicyclic) bond motifs is 3. The Labute approximate surface area is 121 Å². The van der Waals surface area contributed by atoms with Crippen molar-refractivity contribution < 1.29 is 10.2 Å². The van der Waals surface area contributed by atoms with Gasteiger partial charge in [0.05, 0.1) is 0 Å². The smallest absolute Gasteiger partial charge is 0.115 e. The molecule has 3 rings (SSSR count). The van der Waals surface area contributed by atoms with E-state index in [0.717, 1.165) is 6.42 Å². The second kappa shape index (κ2) is 4.77. The molecule has 1 aromatic rings. The molecule has 1 fully saturated rings. The molecule has 4 atom stereocenters. The third-order valence-electron chi connectivity index (χ3n) is 6.18. The topological polar surface area (TPSA) is 40.5 Å². The molecule has 1 aromatic carbocycles. The van der Waals surface area contributed by atoms with Gasteiger partial charge in [0.2, 0.25) is 0 Å². The van der Waals surface area contributed by atoms with Crippen LogP contribution >= 0.6 is 0 Å². The van der Waals surface area contributed by atoms with Crippen molar-refractivity contribution in [1.29, 1.82) is 0 Å². The fourth-order valence-electron chi connectivity index (χ4n) is 4.53. The van der Waals surface area contributed by atoms with Crippen LogP contribution in [-0.2, 0) is 0 Å². The molecule has 0 bridgehead atoms. The zero-order valence-electron chi connectivity index (χ0n) is 12.8. The molecule has 4 unspecified atom stereocenters. The number of hydrogen-bond donors (Lipinski definition) is 2. The quantitative estimate of drug-likeness (QED) is 0.811.